The average Bonchev–Trinajstić information content (AvgIpc) is 2.77. The second-order valence-electron chi connectivity index (χ2n) is 6.90. The summed E-state index contributed by atoms with van der Waals surface area (Å²) < 4.78 is 53.1. The highest BCUT2D eigenvalue weighted by Crippen LogP contribution is 2.44. The SMILES string of the molecule is Cc1c(C(=O)Oc2ccccc2)c(OCc2ccccc2)c(CCl)c(CCl)c1C(F)(F)F. The second-order valence-corrected chi connectivity index (χ2v) is 7.44. The van der Waals surface area contributed by atoms with Gasteiger partial charge in [-0.2, -0.15) is 13.2 Å². The van der Waals surface area contributed by atoms with E-state index in [1.54, 1.807) is 42.5 Å². The molecule has 0 saturated carbocycles. The van der Waals surface area contributed by atoms with Gasteiger partial charge in [0.05, 0.1) is 11.4 Å². The lowest BCUT2D eigenvalue weighted by Crippen LogP contribution is -2.21. The van der Waals surface area contributed by atoms with E-state index in [1.165, 1.54) is 19.1 Å². The molecule has 0 spiro atoms. The van der Waals surface area contributed by atoms with Gasteiger partial charge in [-0.3, -0.25) is 0 Å². The number of alkyl halides is 5. The molecule has 3 aromatic rings. The third-order valence-electron chi connectivity index (χ3n) is 4.85. The predicted octanol–water partition coefficient (Wildman–Crippen LogP) is 7.29. The van der Waals surface area contributed by atoms with Crippen LogP contribution in [0.2, 0.25) is 0 Å². The molecular weight excluding hydrogens is 464 g/mol. The number of halogens is 5. The maximum absolute atomic E-state index is 14.0. The Bertz CT molecular complexity index is 1090. The second kappa shape index (κ2) is 10.3. The highest BCUT2D eigenvalue weighted by Gasteiger charge is 2.40. The van der Waals surface area contributed by atoms with Gasteiger partial charge in [-0.15, -0.1) is 23.2 Å². The summed E-state index contributed by atoms with van der Waals surface area (Å²) in [6, 6.07) is 17.1. The van der Waals surface area contributed by atoms with E-state index in [2.05, 4.69) is 0 Å². The molecule has 0 heterocycles. The molecule has 0 fully saturated rings. The van der Waals surface area contributed by atoms with Crippen LogP contribution in [0.15, 0.2) is 60.7 Å². The quantitative estimate of drug-likeness (QED) is 0.201. The lowest BCUT2D eigenvalue weighted by atomic mass is 9.91. The topological polar surface area (TPSA) is 35.5 Å². The fourth-order valence-electron chi connectivity index (χ4n) is 3.41. The number of carbonyl (C=O) groups is 1. The molecule has 0 aliphatic heterocycles. The highest BCUT2D eigenvalue weighted by molar-refractivity contribution is 6.19. The van der Waals surface area contributed by atoms with E-state index in [1.807, 2.05) is 6.07 Å². The van der Waals surface area contributed by atoms with E-state index in [0.29, 0.717) is 0 Å². The summed E-state index contributed by atoms with van der Waals surface area (Å²) in [4.78, 5) is 13.1. The molecule has 0 aliphatic carbocycles. The molecule has 3 aromatic carbocycles. The van der Waals surface area contributed by atoms with Crippen LogP contribution in [-0.2, 0) is 24.5 Å². The molecule has 0 amide bonds. The maximum atomic E-state index is 14.0. The van der Waals surface area contributed by atoms with E-state index in [0.717, 1.165) is 5.56 Å². The van der Waals surface area contributed by atoms with Crippen molar-refractivity contribution in [1.29, 1.82) is 0 Å². The molecule has 8 heteroatoms. The maximum Gasteiger partial charge on any atom is 0.417 e. The van der Waals surface area contributed by atoms with Crippen LogP contribution in [-0.4, -0.2) is 5.97 Å². The molecule has 0 radical (unpaired) electrons. The summed E-state index contributed by atoms with van der Waals surface area (Å²) >= 11 is 12.0. The molecule has 0 N–H and O–H groups in total. The van der Waals surface area contributed by atoms with Gasteiger partial charge in [0.1, 0.15) is 23.7 Å². The number of ether oxygens (including phenoxy) is 2. The third kappa shape index (κ3) is 5.19. The Morgan fingerprint density at radius 3 is 2.00 bits per heavy atom. The van der Waals surface area contributed by atoms with Gasteiger partial charge in [0.2, 0.25) is 0 Å². The van der Waals surface area contributed by atoms with Crippen molar-refractivity contribution in [3.8, 4) is 11.5 Å². The first-order valence-corrected chi connectivity index (χ1v) is 10.7. The minimum Gasteiger partial charge on any atom is -0.488 e. The van der Waals surface area contributed by atoms with Gasteiger partial charge in [-0.1, -0.05) is 48.5 Å². The van der Waals surface area contributed by atoms with Crippen molar-refractivity contribution in [2.24, 2.45) is 0 Å². The van der Waals surface area contributed by atoms with Crippen molar-refractivity contribution >= 4 is 29.2 Å². The minimum absolute atomic E-state index is 0.00975. The van der Waals surface area contributed by atoms with E-state index in [9.17, 15) is 18.0 Å². The normalized spacial score (nSPS) is 11.3. The van der Waals surface area contributed by atoms with Crippen molar-refractivity contribution < 1.29 is 27.4 Å². The van der Waals surface area contributed by atoms with Gasteiger partial charge in [-0.25, -0.2) is 4.79 Å². The van der Waals surface area contributed by atoms with Crippen molar-refractivity contribution in [2.45, 2.75) is 31.5 Å². The molecule has 0 aliphatic rings. The fourth-order valence-corrected chi connectivity index (χ4v) is 3.99. The fraction of sp³-hybridized carbons (Fsp3) is 0.208. The zero-order chi connectivity index (χ0) is 23.3. The van der Waals surface area contributed by atoms with E-state index in [-0.39, 0.29) is 46.2 Å². The van der Waals surface area contributed by atoms with E-state index in [4.69, 9.17) is 32.7 Å². The summed E-state index contributed by atoms with van der Waals surface area (Å²) in [5.41, 5.74) is -1.11. The summed E-state index contributed by atoms with van der Waals surface area (Å²) in [5, 5.41) is 0. The zero-order valence-corrected chi connectivity index (χ0v) is 18.5. The molecular formula is C24H19Cl2F3O3. The predicted molar refractivity (Wildman–Crippen MR) is 117 cm³/mol. The molecule has 0 unspecified atom stereocenters. The van der Waals surface area contributed by atoms with Gasteiger partial charge >= 0.3 is 12.1 Å². The Hall–Kier alpha value is -2.70. The Labute approximate surface area is 193 Å². The summed E-state index contributed by atoms with van der Waals surface area (Å²) in [7, 11) is 0. The van der Waals surface area contributed by atoms with Crippen molar-refractivity contribution in [2.75, 3.05) is 0 Å². The van der Waals surface area contributed by atoms with Crippen molar-refractivity contribution in [3.63, 3.8) is 0 Å². The van der Waals surface area contributed by atoms with Gasteiger partial charge in [0.15, 0.2) is 0 Å². The molecule has 3 nitrogen and oxygen atoms in total. The Kier molecular flexibility index (Phi) is 7.69. The standard InChI is InChI=1S/C24H19Cl2F3O3/c1-15-20(23(30)32-17-10-6-3-7-11-17)22(31-14-16-8-4-2-5-9-16)19(13-26)18(12-25)21(15)24(27,28)29/h2-11H,12-14H2,1H3. The van der Waals surface area contributed by atoms with Crippen LogP contribution in [0, 0.1) is 6.92 Å². The first-order valence-electron chi connectivity index (χ1n) is 9.59. The van der Waals surface area contributed by atoms with Crippen LogP contribution < -0.4 is 9.47 Å². The molecule has 0 aromatic heterocycles. The molecule has 0 atom stereocenters. The number of para-hydroxylation sites is 1. The monoisotopic (exact) mass is 482 g/mol. The highest BCUT2D eigenvalue weighted by atomic mass is 35.5. The smallest absolute Gasteiger partial charge is 0.417 e. The van der Waals surface area contributed by atoms with Gasteiger partial charge < -0.3 is 9.47 Å². The largest absolute Gasteiger partial charge is 0.488 e. The number of hydrogen-bond donors (Lipinski definition) is 0. The van der Waals surface area contributed by atoms with Crippen LogP contribution in [0.4, 0.5) is 13.2 Å². The lowest BCUT2D eigenvalue weighted by Gasteiger charge is -2.24. The van der Waals surface area contributed by atoms with Crippen molar-refractivity contribution in [3.05, 3.63) is 94.0 Å². The molecule has 168 valence electrons. The van der Waals surface area contributed by atoms with Crippen LogP contribution in [0.25, 0.3) is 0 Å². The first kappa shape index (κ1) is 24.0. The Morgan fingerprint density at radius 2 is 1.47 bits per heavy atom. The number of hydrogen-bond acceptors (Lipinski definition) is 3. The first-order chi connectivity index (χ1) is 15.3. The minimum atomic E-state index is -4.76. The van der Waals surface area contributed by atoms with E-state index >= 15 is 0 Å². The zero-order valence-electron chi connectivity index (χ0n) is 17.0. The van der Waals surface area contributed by atoms with E-state index < -0.39 is 23.6 Å². The van der Waals surface area contributed by atoms with Gasteiger partial charge in [0, 0.05) is 11.4 Å². The Balaban J connectivity index is 2.19. The van der Waals surface area contributed by atoms with Gasteiger partial charge in [0.25, 0.3) is 0 Å². The lowest BCUT2D eigenvalue weighted by molar-refractivity contribution is -0.138. The van der Waals surface area contributed by atoms with Crippen LogP contribution in [0.1, 0.15) is 38.2 Å². The van der Waals surface area contributed by atoms with Crippen molar-refractivity contribution in [1.82, 2.24) is 0 Å². The number of benzene rings is 3. The number of esters is 1. The average molecular weight is 483 g/mol. The molecule has 0 saturated heterocycles. The summed E-state index contributed by atoms with van der Waals surface area (Å²) in [6.45, 7) is 1.22. The van der Waals surface area contributed by atoms with Gasteiger partial charge in [-0.05, 0) is 35.7 Å². The summed E-state index contributed by atoms with van der Waals surface area (Å²) in [6.07, 6.45) is -4.76. The third-order valence-corrected chi connectivity index (χ3v) is 5.39. The number of carbonyl (C=O) groups excluding carboxylic acids is 1. The van der Waals surface area contributed by atoms with Crippen LogP contribution in [0.3, 0.4) is 0 Å². The van der Waals surface area contributed by atoms with Crippen LogP contribution >= 0.6 is 23.2 Å². The molecule has 32 heavy (non-hydrogen) atoms. The summed E-state index contributed by atoms with van der Waals surface area (Å²) in [5.74, 6) is -1.64. The Morgan fingerprint density at radius 1 is 0.906 bits per heavy atom. The van der Waals surface area contributed by atoms with Crippen LogP contribution in [0.5, 0.6) is 11.5 Å². The molecule has 0 bridgehead atoms. The molecule has 3 rings (SSSR count). The number of rotatable bonds is 7.